The monoisotopic (exact) mass is 273 g/mol. The second-order valence-corrected chi connectivity index (χ2v) is 4.05. The molecule has 6 heteroatoms. The molecular formula is C11H6Cl2FNO2. The van der Waals surface area contributed by atoms with Gasteiger partial charge in [-0.25, -0.2) is 4.39 Å². The first kappa shape index (κ1) is 12.1. The molecule has 1 aromatic carbocycles. The molecule has 1 aliphatic rings. The maximum Gasteiger partial charge on any atom is 0.299 e. The lowest BCUT2D eigenvalue weighted by Gasteiger charge is -2.13. The van der Waals surface area contributed by atoms with Gasteiger partial charge in [-0.15, -0.1) is 0 Å². The lowest BCUT2D eigenvalue weighted by molar-refractivity contribution is -0.114. The Hall–Kier alpha value is -1.39. The fraction of sp³-hybridized carbons (Fsp3) is 0.0909. The number of hydrogen-bond donors (Lipinski definition) is 0. The second-order valence-electron chi connectivity index (χ2n) is 3.39. The van der Waals surface area contributed by atoms with Crippen molar-refractivity contribution in [1.82, 2.24) is 0 Å². The van der Waals surface area contributed by atoms with Crippen LogP contribution in [-0.4, -0.2) is 18.2 Å². The SMILES string of the molecule is O=C1C(=O)N(C/C=C/Cl)c2cc(F)c(Cl)cc21. The van der Waals surface area contributed by atoms with Crippen molar-refractivity contribution in [3.8, 4) is 0 Å². The summed E-state index contributed by atoms with van der Waals surface area (Å²) >= 11 is 10.9. The third-order valence-corrected chi connectivity index (χ3v) is 2.86. The molecule has 1 aliphatic heterocycles. The van der Waals surface area contributed by atoms with E-state index in [2.05, 4.69) is 0 Å². The molecule has 0 unspecified atom stereocenters. The van der Waals surface area contributed by atoms with Crippen molar-refractivity contribution in [3.05, 3.63) is 40.1 Å². The van der Waals surface area contributed by atoms with Crippen LogP contribution in [0.5, 0.6) is 0 Å². The van der Waals surface area contributed by atoms with E-state index in [4.69, 9.17) is 23.2 Å². The van der Waals surface area contributed by atoms with Gasteiger partial charge in [-0.05, 0) is 12.1 Å². The van der Waals surface area contributed by atoms with Crippen LogP contribution < -0.4 is 4.90 Å². The van der Waals surface area contributed by atoms with Crippen molar-refractivity contribution < 1.29 is 14.0 Å². The highest BCUT2D eigenvalue weighted by Crippen LogP contribution is 2.32. The number of nitrogens with zero attached hydrogens (tertiary/aromatic N) is 1. The Kier molecular flexibility index (Phi) is 3.17. The number of carbonyl (C=O) groups is 2. The number of rotatable bonds is 2. The molecule has 3 nitrogen and oxygen atoms in total. The molecule has 0 atom stereocenters. The smallest absolute Gasteiger partial charge is 0.299 e. The molecule has 1 amide bonds. The summed E-state index contributed by atoms with van der Waals surface area (Å²) in [4.78, 5) is 24.4. The van der Waals surface area contributed by atoms with E-state index in [9.17, 15) is 14.0 Å². The number of halogens is 3. The van der Waals surface area contributed by atoms with Gasteiger partial charge >= 0.3 is 0 Å². The maximum atomic E-state index is 13.3. The zero-order chi connectivity index (χ0) is 12.6. The van der Waals surface area contributed by atoms with Gasteiger partial charge in [0.2, 0.25) is 0 Å². The topological polar surface area (TPSA) is 37.4 Å². The predicted octanol–water partition coefficient (Wildman–Crippen LogP) is 2.76. The van der Waals surface area contributed by atoms with Crippen molar-refractivity contribution in [2.45, 2.75) is 0 Å². The van der Waals surface area contributed by atoms with Gasteiger partial charge in [0, 0.05) is 12.1 Å². The molecule has 2 rings (SSSR count). The average Bonchev–Trinajstić information content (AvgIpc) is 2.52. The Bertz CT molecular complexity index is 543. The molecule has 0 bridgehead atoms. The van der Waals surface area contributed by atoms with Crippen molar-refractivity contribution in [2.75, 3.05) is 11.4 Å². The number of Topliss-reactive ketones (excluding diaryl/α,β-unsaturated/α-hetero) is 1. The molecule has 0 aliphatic carbocycles. The minimum Gasteiger partial charge on any atom is -0.301 e. The van der Waals surface area contributed by atoms with Crippen molar-refractivity contribution >= 4 is 40.6 Å². The Morgan fingerprint density at radius 3 is 2.71 bits per heavy atom. The highest BCUT2D eigenvalue weighted by atomic mass is 35.5. The first-order chi connectivity index (χ1) is 8.06. The molecular weight excluding hydrogens is 268 g/mol. The van der Waals surface area contributed by atoms with Gasteiger partial charge in [0.15, 0.2) is 0 Å². The average molecular weight is 274 g/mol. The van der Waals surface area contributed by atoms with Crippen LogP contribution in [0.2, 0.25) is 5.02 Å². The Balaban J connectivity index is 2.52. The fourth-order valence-electron chi connectivity index (χ4n) is 1.62. The standard InChI is InChI=1S/C11H6Cl2FNO2/c12-2-1-3-15-9-5-8(14)7(13)4-6(9)10(16)11(15)17/h1-2,4-5H,3H2/b2-1+. The minimum atomic E-state index is -0.712. The van der Waals surface area contributed by atoms with Crippen LogP contribution in [0, 0.1) is 5.82 Å². The zero-order valence-electron chi connectivity index (χ0n) is 8.41. The Morgan fingerprint density at radius 1 is 1.35 bits per heavy atom. The molecule has 1 aromatic rings. The summed E-state index contributed by atoms with van der Waals surface area (Å²) in [6, 6.07) is 2.24. The molecule has 0 spiro atoms. The van der Waals surface area contributed by atoms with Gasteiger partial charge < -0.3 is 4.90 Å². The van der Waals surface area contributed by atoms with Crippen molar-refractivity contribution in [3.63, 3.8) is 0 Å². The van der Waals surface area contributed by atoms with Gasteiger partial charge in [-0.1, -0.05) is 29.3 Å². The summed E-state index contributed by atoms with van der Waals surface area (Å²) in [5, 5.41) is -0.181. The van der Waals surface area contributed by atoms with Crippen LogP contribution in [0.25, 0.3) is 0 Å². The quantitative estimate of drug-likeness (QED) is 0.777. The van der Waals surface area contributed by atoms with Crippen molar-refractivity contribution in [1.29, 1.82) is 0 Å². The molecule has 0 radical (unpaired) electrons. The first-order valence-corrected chi connectivity index (χ1v) is 5.48. The predicted molar refractivity (Wildman–Crippen MR) is 63.1 cm³/mol. The number of ketones is 1. The third-order valence-electron chi connectivity index (χ3n) is 2.39. The molecule has 17 heavy (non-hydrogen) atoms. The van der Waals surface area contributed by atoms with Crippen LogP contribution in [-0.2, 0) is 4.79 Å². The fourth-order valence-corrected chi connectivity index (χ4v) is 1.86. The van der Waals surface area contributed by atoms with Gasteiger partial charge in [0.25, 0.3) is 11.7 Å². The molecule has 0 saturated heterocycles. The number of amides is 1. The van der Waals surface area contributed by atoms with Gasteiger partial charge in [-0.2, -0.15) is 0 Å². The molecule has 0 N–H and O–H groups in total. The largest absolute Gasteiger partial charge is 0.301 e. The van der Waals surface area contributed by atoms with Crippen LogP contribution in [0.4, 0.5) is 10.1 Å². The van der Waals surface area contributed by atoms with Gasteiger partial charge in [0.1, 0.15) is 5.82 Å². The molecule has 0 fully saturated rings. The Labute approximate surface area is 106 Å². The summed E-state index contributed by atoms with van der Waals surface area (Å²) in [5.74, 6) is -2.07. The lowest BCUT2D eigenvalue weighted by Crippen LogP contribution is -2.29. The van der Waals surface area contributed by atoms with Crippen LogP contribution in [0.15, 0.2) is 23.7 Å². The van der Waals surface area contributed by atoms with E-state index in [0.29, 0.717) is 0 Å². The number of carbonyl (C=O) groups excluding carboxylic acids is 2. The normalized spacial score (nSPS) is 14.9. The third kappa shape index (κ3) is 1.94. The summed E-state index contributed by atoms with van der Waals surface area (Å²) in [5.41, 5.74) is 1.56. The number of hydrogen-bond acceptors (Lipinski definition) is 2. The lowest BCUT2D eigenvalue weighted by atomic mass is 10.1. The molecule has 88 valence electrons. The van der Waals surface area contributed by atoms with Crippen molar-refractivity contribution in [2.24, 2.45) is 0 Å². The van der Waals surface area contributed by atoms with E-state index >= 15 is 0 Å². The van der Waals surface area contributed by atoms with Crippen LogP contribution in [0.3, 0.4) is 0 Å². The number of benzene rings is 1. The van der Waals surface area contributed by atoms with Gasteiger partial charge in [0.05, 0.1) is 16.3 Å². The summed E-state index contributed by atoms with van der Waals surface area (Å²) in [6.07, 6.45) is 1.48. The minimum absolute atomic E-state index is 0.113. The van der Waals surface area contributed by atoms with Crippen LogP contribution in [0.1, 0.15) is 10.4 Å². The van der Waals surface area contributed by atoms with E-state index in [1.54, 1.807) is 0 Å². The summed E-state index contributed by atoms with van der Waals surface area (Å²) in [6.45, 7) is 0.113. The first-order valence-electron chi connectivity index (χ1n) is 4.66. The van der Waals surface area contributed by atoms with Gasteiger partial charge in [-0.3, -0.25) is 9.59 Å². The van der Waals surface area contributed by atoms with E-state index in [1.165, 1.54) is 11.6 Å². The summed E-state index contributed by atoms with van der Waals surface area (Å²) in [7, 11) is 0. The molecule has 0 aromatic heterocycles. The summed E-state index contributed by atoms with van der Waals surface area (Å²) < 4.78 is 13.3. The number of anilines is 1. The molecule has 0 saturated carbocycles. The maximum absolute atomic E-state index is 13.3. The number of fused-ring (bicyclic) bond motifs is 1. The highest BCUT2D eigenvalue weighted by Gasteiger charge is 2.36. The highest BCUT2D eigenvalue weighted by molar-refractivity contribution is 6.52. The van der Waals surface area contributed by atoms with E-state index in [-0.39, 0.29) is 22.8 Å². The van der Waals surface area contributed by atoms with E-state index in [0.717, 1.165) is 17.0 Å². The zero-order valence-corrected chi connectivity index (χ0v) is 9.93. The van der Waals surface area contributed by atoms with E-state index in [1.807, 2.05) is 0 Å². The van der Waals surface area contributed by atoms with E-state index < -0.39 is 17.5 Å². The Morgan fingerprint density at radius 2 is 2.06 bits per heavy atom. The second kappa shape index (κ2) is 4.47. The molecule has 1 heterocycles. The van der Waals surface area contributed by atoms with Crippen LogP contribution >= 0.6 is 23.2 Å².